The van der Waals surface area contributed by atoms with Gasteiger partial charge in [0.1, 0.15) is 5.75 Å². The van der Waals surface area contributed by atoms with Crippen LogP contribution in [-0.4, -0.2) is 19.7 Å². The molecular weight excluding hydrogens is 222 g/mol. The summed E-state index contributed by atoms with van der Waals surface area (Å²) < 4.78 is 5.51. The lowest BCUT2D eigenvalue weighted by Crippen LogP contribution is -2.30. The van der Waals surface area contributed by atoms with Gasteiger partial charge in [0.2, 0.25) is 0 Å². The molecule has 1 aromatic rings. The topological polar surface area (TPSA) is 21.3 Å². The zero-order valence-electron chi connectivity index (χ0n) is 12.6. The minimum atomic E-state index is 0.488. The fourth-order valence-electron chi connectivity index (χ4n) is 2.21. The van der Waals surface area contributed by atoms with Crippen molar-refractivity contribution in [2.45, 2.75) is 46.6 Å². The van der Waals surface area contributed by atoms with Crippen LogP contribution in [0.2, 0.25) is 0 Å². The fourth-order valence-corrected chi connectivity index (χ4v) is 2.21. The Morgan fingerprint density at radius 3 is 2.33 bits per heavy atom. The van der Waals surface area contributed by atoms with Gasteiger partial charge in [0.05, 0.1) is 7.11 Å². The maximum Gasteiger partial charge on any atom is 0.122 e. The first kappa shape index (κ1) is 15.0. The molecule has 2 heteroatoms. The summed E-state index contributed by atoms with van der Waals surface area (Å²) in [5, 5.41) is 3.54. The minimum Gasteiger partial charge on any atom is -0.496 e. The number of aryl methyl sites for hydroxylation is 1. The first-order chi connectivity index (χ1) is 8.45. The van der Waals surface area contributed by atoms with Crippen molar-refractivity contribution >= 4 is 0 Å². The predicted molar refractivity (Wildman–Crippen MR) is 78.4 cm³/mol. The molecule has 102 valence electrons. The Labute approximate surface area is 112 Å². The third-order valence-electron chi connectivity index (χ3n) is 3.34. The Balaban J connectivity index is 3.00. The van der Waals surface area contributed by atoms with E-state index in [1.807, 2.05) is 0 Å². The summed E-state index contributed by atoms with van der Waals surface area (Å²) in [5.74, 6) is 2.08. The Morgan fingerprint density at radius 1 is 1.17 bits per heavy atom. The van der Waals surface area contributed by atoms with E-state index < -0.39 is 0 Å². The minimum absolute atomic E-state index is 0.488. The first-order valence-corrected chi connectivity index (χ1v) is 6.83. The lowest BCUT2D eigenvalue weighted by Gasteiger charge is -2.25. The molecule has 0 aromatic heterocycles. The van der Waals surface area contributed by atoms with Gasteiger partial charge in [0.25, 0.3) is 0 Å². The third kappa shape index (κ3) is 4.02. The molecule has 1 atom stereocenters. The normalized spacial score (nSPS) is 13.1. The van der Waals surface area contributed by atoms with Gasteiger partial charge < -0.3 is 10.1 Å². The molecular formula is C16H27NO. The third-order valence-corrected chi connectivity index (χ3v) is 3.34. The second-order valence-electron chi connectivity index (χ2n) is 5.66. The van der Waals surface area contributed by atoms with Crippen molar-refractivity contribution in [2.75, 3.05) is 13.7 Å². The van der Waals surface area contributed by atoms with E-state index >= 15 is 0 Å². The number of hydrogen-bond acceptors (Lipinski definition) is 2. The van der Waals surface area contributed by atoms with Crippen molar-refractivity contribution in [3.63, 3.8) is 0 Å². The van der Waals surface area contributed by atoms with Crippen molar-refractivity contribution in [1.82, 2.24) is 5.32 Å². The van der Waals surface area contributed by atoms with Crippen molar-refractivity contribution in [3.8, 4) is 5.75 Å². The van der Waals surface area contributed by atoms with Crippen LogP contribution in [0.15, 0.2) is 18.2 Å². The van der Waals surface area contributed by atoms with Gasteiger partial charge in [-0.15, -0.1) is 0 Å². The number of hydrogen-bond donors (Lipinski definition) is 1. The molecule has 0 radical (unpaired) electrons. The standard InChI is InChI=1S/C16H27NO/c1-11(2)15(10-17-12(3)4)14-9-13(5)7-8-16(14)18-6/h7-9,11-12,15,17H,10H2,1-6H3. The van der Waals surface area contributed by atoms with Gasteiger partial charge in [-0.05, 0) is 24.5 Å². The molecule has 1 rings (SSSR count). The lowest BCUT2D eigenvalue weighted by atomic mass is 9.87. The Bertz CT molecular complexity index is 371. The highest BCUT2D eigenvalue weighted by atomic mass is 16.5. The van der Waals surface area contributed by atoms with Gasteiger partial charge in [-0.1, -0.05) is 45.4 Å². The highest BCUT2D eigenvalue weighted by Crippen LogP contribution is 2.32. The Morgan fingerprint density at radius 2 is 1.83 bits per heavy atom. The summed E-state index contributed by atoms with van der Waals surface area (Å²) in [6.07, 6.45) is 0. The van der Waals surface area contributed by atoms with Gasteiger partial charge in [-0.2, -0.15) is 0 Å². The van der Waals surface area contributed by atoms with Crippen LogP contribution in [0.25, 0.3) is 0 Å². The van der Waals surface area contributed by atoms with Gasteiger partial charge >= 0.3 is 0 Å². The van der Waals surface area contributed by atoms with Crippen molar-refractivity contribution in [3.05, 3.63) is 29.3 Å². The Hall–Kier alpha value is -1.02. The average Bonchev–Trinajstić information content (AvgIpc) is 2.28. The SMILES string of the molecule is COc1ccc(C)cc1C(CNC(C)C)C(C)C. The largest absolute Gasteiger partial charge is 0.496 e. The molecule has 0 amide bonds. The van der Waals surface area contributed by atoms with Gasteiger partial charge in [-0.3, -0.25) is 0 Å². The van der Waals surface area contributed by atoms with E-state index in [1.54, 1.807) is 7.11 Å². The molecule has 18 heavy (non-hydrogen) atoms. The molecule has 0 fully saturated rings. The van der Waals surface area contributed by atoms with Crippen LogP contribution in [0.3, 0.4) is 0 Å². The summed E-state index contributed by atoms with van der Waals surface area (Å²) in [6, 6.07) is 6.96. The zero-order chi connectivity index (χ0) is 13.7. The van der Waals surface area contributed by atoms with Gasteiger partial charge in [0.15, 0.2) is 0 Å². The van der Waals surface area contributed by atoms with Gasteiger partial charge in [0, 0.05) is 18.5 Å². The van der Waals surface area contributed by atoms with E-state index in [2.05, 4.69) is 58.1 Å². The number of ether oxygens (including phenoxy) is 1. The molecule has 1 aromatic carbocycles. The lowest BCUT2D eigenvalue weighted by molar-refractivity contribution is 0.385. The van der Waals surface area contributed by atoms with Crippen molar-refractivity contribution in [2.24, 2.45) is 5.92 Å². The molecule has 0 saturated heterocycles. The molecule has 0 aliphatic carbocycles. The van der Waals surface area contributed by atoms with E-state index in [0.29, 0.717) is 17.9 Å². The number of methoxy groups -OCH3 is 1. The summed E-state index contributed by atoms with van der Waals surface area (Å²) in [7, 11) is 1.75. The predicted octanol–water partition coefficient (Wildman–Crippen LogP) is 3.74. The number of nitrogens with one attached hydrogen (secondary N) is 1. The molecule has 0 saturated carbocycles. The Kier molecular flexibility index (Phi) is 5.67. The number of rotatable bonds is 6. The van der Waals surface area contributed by atoms with Crippen molar-refractivity contribution in [1.29, 1.82) is 0 Å². The maximum absolute atomic E-state index is 5.51. The molecule has 1 unspecified atom stereocenters. The monoisotopic (exact) mass is 249 g/mol. The molecule has 0 bridgehead atoms. The average molecular weight is 249 g/mol. The van der Waals surface area contributed by atoms with Crippen LogP contribution in [0, 0.1) is 12.8 Å². The van der Waals surface area contributed by atoms with Crippen LogP contribution < -0.4 is 10.1 Å². The quantitative estimate of drug-likeness (QED) is 0.829. The molecule has 1 N–H and O–H groups in total. The summed E-state index contributed by atoms with van der Waals surface area (Å²) in [5.41, 5.74) is 2.61. The molecule has 0 aliphatic rings. The second kappa shape index (κ2) is 6.79. The van der Waals surface area contributed by atoms with Crippen LogP contribution in [0.5, 0.6) is 5.75 Å². The maximum atomic E-state index is 5.51. The fraction of sp³-hybridized carbons (Fsp3) is 0.625. The van der Waals surface area contributed by atoms with E-state index in [4.69, 9.17) is 4.74 Å². The smallest absolute Gasteiger partial charge is 0.122 e. The second-order valence-corrected chi connectivity index (χ2v) is 5.66. The summed E-state index contributed by atoms with van der Waals surface area (Å²) in [4.78, 5) is 0. The van der Waals surface area contributed by atoms with E-state index in [-0.39, 0.29) is 0 Å². The van der Waals surface area contributed by atoms with E-state index in [0.717, 1.165) is 12.3 Å². The molecule has 0 spiro atoms. The molecule has 0 aliphatic heterocycles. The van der Waals surface area contributed by atoms with Crippen LogP contribution in [-0.2, 0) is 0 Å². The van der Waals surface area contributed by atoms with Crippen LogP contribution in [0.4, 0.5) is 0 Å². The van der Waals surface area contributed by atoms with Crippen LogP contribution >= 0.6 is 0 Å². The first-order valence-electron chi connectivity index (χ1n) is 6.83. The summed E-state index contributed by atoms with van der Waals surface area (Å²) >= 11 is 0. The van der Waals surface area contributed by atoms with Crippen molar-refractivity contribution < 1.29 is 4.74 Å². The zero-order valence-corrected chi connectivity index (χ0v) is 12.6. The van der Waals surface area contributed by atoms with Gasteiger partial charge in [-0.25, -0.2) is 0 Å². The number of benzene rings is 1. The molecule has 2 nitrogen and oxygen atoms in total. The molecule has 0 heterocycles. The summed E-state index contributed by atoms with van der Waals surface area (Å²) in [6.45, 7) is 12.0. The van der Waals surface area contributed by atoms with E-state index in [1.165, 1.54) is 11.1 Å². The highest BCUT2D eigenvalue weighted by molar-refractivity contribution is 5.40. The van der Waals surface area contributed by atoms with E-state index in [9.17, 15) is 0 Å². The van der Waals surface area contributed by atoms with Crippen LogP contribution in [0.1, 0.15) is 44.7 Å². The highest BCUT2D eigenvalue weighted by Gasteiger charge is 2.20.